The van der Waals surface area contributed by atoms with Gasteiger partial charge in [0.15, 0.2) is 19.7 Å². The van der Waals surface area contributed by atoms with Crippen molar-refractivity contribution in [2.45, 2.75) is 28.9 Å². The first-order chi connectivity index (χ1) is 14.0. The van der Waals surface area contributed by atoms with E-state index in [1.165, 1.54) is 48.5 Å². The maximum Gasteiger partial charge on any atom is 0.322 e. The predicted molar refractivity (Wildman–Crippen MR) is 110 cm³/mol. The molecule has 2 aromatic carbocycles. The molecular weight excluding hydrogens is 430 g/mol. The fourth-order valence-electron chi connectivity index (χ4n) is 2.49. The smallest absolute Gasteiger partial charge is 0.322 e. The summed E-state index contributed by atoms with van der Waals surface area (Å²) in [4.78, 5) is 12.5. The summed E-state index contributed by atoms with van der Waals surface area (Å²) in [5.41, 5.74) is 0.589. The molecule has 0 bridgehead atoms. The molecule has 30 heavy (non-hydrogen) atoms. The zero-order valence-corrected chi connectivity index (χ0v) is 18.0. The van der Waals surface area contributed by atoms with E-state index >= 15 is 0 Å². The molecule has 0 saturated carbocycles. The monoisotopic (exact) mass is 449 g/mol. The van der Waals surface area contributed by atoms with Crippen molar-refractivity contribution in [3.8, 4) is 11.5 Å². The lowest BCUT2D eigenvalue weighted by Gasteiger charge is -2.07. The summed E-state index contributed by atoms with van der Waals surface area (Å²) in [6.07, 6.45) is 1.05. The molecule has 1 amide bonds. The van der Waals surface area contributed by atoms with Crippen LogP contribution in [0.15, 0.2) is 62.7 Å². The standard InChI is InChI=1S/C19H19N3O6S2/c1-12(2)30(26,27)15-9-7-13(8-10-15)18-21-22-19(28-18)20-17(23)14-5-4-6-16(11-14)29(3,24)25/h4-12H,1-3H3,(H,20,22,23). The van der Waals surface area contributed by atoms with E-state index < -0.39 is 30.8 Å². The highest BCUT2D eigenvalue weighted by Crippen LogP contribution is 2.24. The van der Waals surface area contributed by atoms with Gasteiger partial charge in [-0.05, 0) is 56.3 Å². The maximum absolute atomic E-state index is 12.4. The van der Waals surface area contributed by atoms with E-state index in [4.69, 9.17) is 4.42 Å². The van der Waals surface area contributed by atoms with Gasteiger partial charge in [0.2, 0.25) is 5.89 Å². The minimum absolute atomic E-state index is 0.0119. The molecule has 0 fully saturated rings. The summed E-state index contributed by atoms with van der Waals surface area (Å²) in [5.74, 6) is -0.530. The molecule has 0 radical (unpaired) electrons. The molecule has 3 aromatic rings. The highest BCUT2D eigenvalue weighted by molar-refractivity contribution is 7.92. The number of benzene rings is 2. The lowest BCUT2D eigenvalue weighted by atomic mass is 10.2. The Labute approximate surface area is 174 Å². The predicted octanol–water partition coefficient (Wildman–Crippen LogP) is 2.57. The number of anilines is 1. The fraction of sp³-hybridized carbons (Fsp3) is 0.211. The van der Waals surface area contributed by atoms with Gasteiger partial charge in [-0.3, -0.25) is 10.1 Å². The summed E-state index contributed by atoms with van der Waals surface area (Å²) in [6.45, 7) is 3.20. The third-order valence-electron chi connectivity index (χ3n) is 4.22. The third kappa shape index (κ3) is 4.57. The summed E-state index contributed by atoms with van der Waals surface area (Å²) < 4.78 is 53.1. The fourth-order valence-corrected chi connectivity index (χ4v) is 4.21. The molecule has 0 atom stereocenters. The first-order valence-corrected chi connectivity index (χ1v) is 12.2. The van der Waals surface area contributed by atoms with Crippen LogP contribution in [-0.4, -0.2) is 44.4 Å². The van der Waals surface area contributed by atoms with Gasteiger partial charge in [0.05, 0.1) is 15.0 Å². The second-order valence-electron chi connectivity index (χ2n) is 6.78. The highest BCUT2D eigenvalue weighted by atomic mass is 32.2. The topological polar surface area (TPSA) is 136 Å². The van der Waals surface area contributed by atoms with Gasteiger partial charge in [0, 0.05) is 17.4 Å². The van der Waals surface area contributed by atoms with Gasteiger partial charge in [-0.25, -0.2) is 16.8 Å². The largest absolute Gasteiger partial charge is 0.403 e. The van der Waals surface area contributed by atoms with Crippen LogP contribution in [0.2, 0.25) is 0 Å². The third-order valence-corrected chi connectivity index (χ3v) is 7.50. The second-order valence-corrected chi connectivity index (χ2v) is 11.3. The molecule has 1 heterocycles. The lowest BCUT2D eigenvalue weighted by Crippen LogP contribution is -2.13. The summed E-state index contributed by atoms with van der Waals surface area (Å²) in [6, 6.07) is 11.3. The Morgan fingerprint density at radius 3 is 2.23 bits per heavy atom. The average molecular weight is 450 g/mol. The van der Waals surface area contributed by atoms with E-state index in [2.05, 4.69) is 15.5 Å². The Bertz CT molecular complexity index is 1290. The molecule has 0 spiro atoms. The van der Waals surface area contributed by atoms with Crippen LogP contribution in [0.5, 0.6) is 0 Å². The van der Waals surface area contributed by atoms with Crippen LogP contribution in [0.1, 0.15) is 24.2 Å². The molecule has 1 N–H and O–H groups in total. The minimum atomic E-state index is -3.46. The van der Waals surface area contributed by atoms with Crippen molar-refractivity contribution in [3.05, 3.63) is 54.1 Å². The molecular formula is C19H19N3O6S2. The summed E-state index contributed by atoms with van der Waals surface area (Å²) >= 11 is 0. The molecule has 0 aliphatic heterocycles. The van der Waals surface area contributed by atoms with Crippen molar-refractivity contribution < 1.29 is 26.0 Å². The number of sulfone groups is 2. The zero-order valence-electron chi connectivity index (χ0n) is 16.4. The van der Waals surface area contributed by atoms with Crippen molar-refractivity contribution in [1.29, 1.82) is 0 Å². The van der Waals surface area contributed by atoms with E-state index in [0.29, 0.717) is 5.56 Å². The molecule has 3 rings (SSSR count). The average Bonchev–Trinajstić information content (AvgIpc) is 3.16. The van der Waals surface area contributed by atoms with Crippen LogP contribution in [0.25, 0.3) is 11.5 Å². The number of nitrogens with zero attached hydrogens (tertiary/aromatic N) is 2. The molecule has 0 saturated heterocycles. The van der Waals surface area contributed by atoms with Crippen LogP contribution in [0.4, 0.5) is 6.01 Å². The Kier molecular flexibility index (Phi) is 5.77. The Morgan fingerprint density at radius 2 is 1.63 bits per heavy atom. The van der Waals surface area contributed by atoms with Crippen molar-refractivity contribution in [2.75, 3.05) is 11.6 Å². The number of rotatable bonds is 6. The van der Waals surface area contributed by atoms with Gasteiger partial charge in [-0.2, -0.15) is 0 Å². The molecule has 0 unspecified atom stereocenters. The molecule has 9 nitrogen and oxygen atoms in total. The summed E-state index contributed by atoms with van der Waals surface area (Å²) in [5, 5.41) is 9.44. The van der Waals surface area contributed by atoms with Gasteiger partial charge in [0.1, 0.15) is 0 Å². The molecule has 0 aliphatic carbocycles. The number of amides is 1. The van der Waals surface area contributed by atoms with E-state index in [0.717, 1.165) is 6.26 Å². The normalized spacial score (nSPS) is 12.1. The van der Waals surface area contributed by atoms with Crippen LogP contribution < -0.4 is 5.32 Å². The Morgan fingerprint density at radius 1 is 0.967 bits per heavy atom. The van der Waals surface area contributed by atoms with E-state index in [-0.39, 0.29) is 27.3 Å². The number of hydrogen-bond acceptors (Lipinski definition) is 8. The second kappa shape index (κ2) is 8.00. The van der Waals surface area contributed by atoms with Gasteiger partial charge in [-0.15, -0.1) is 5.10 Å². The van der Waals surface area contributed by atoms with Crippen molar-refractivity contribution in [2.24, 2.45) is 0 Å². The highest BCUT2D eigenvalue weighted by Gasteiger charge is 2.20. The number of carbonyl (C=O) groups excluding carboxylic acids is 1. The van der Waals surface area contributed by atoms with Gasteiger partial charge in [-0.1, -0.05) is 11.2 Å². The lowest BCUT2D eigenvalue weighted by molar-refractivity contribution is 0.102. The number of nitrogens with one attached hydrogen (secondary N) is 1. The minimum Gasteiger partial charge on any atom is -0.403 e. The quantitative estimate of drug-likeness (QED) is 0.606. The first-order valence-electron chi connectivity index (χ1n) is 8.78. The molecule has 0 aliphatic rings. The molecule has 1 aromatic heterocycles. The number of carbonyl (C=O) groups is 1. The number of aromatic nitrogens is 2. The van der Waals surface area contributed by atoms with Crippen molar-refractivity contribution in [3.63, 3.8) is 0 Å². The zero-order chi connectivity index (χ0) is 22.1. The Balaban J connectivity index is 1.78. The van der Waals surface area contributed by atoms with Gasteiger partial charge < -0.3 is 4.42 Å². The molecule has 11 heteroatoms. The van der Waals surface area contributed by atoms with Gasteiger partial charge >= 0.3 is 6.01 Å². The van der Waals surface area contributed by atoms with Crippen LogP contribution in [0.3, 0.4) is 0 Å². The van der Waals surface area contributed by atoms with Gasteiger partial charge in [0.25, 0.3) is 5.91 Å². The van der Waals surface area contributed by atoms with E-state index in [1.54, 1.807) is 13.8 Å². The SMILES string of the molecule is CC(C)S(=O)(=O)c1ccc(-c2nnc(NC(=O)c3cccc(S(C)(=O)=O)c3)o2)cc1. The first kappa shape index (κ1) is 21.7. The Hall–Kier alpha value is -3.05. The number of hydrogen-bond donors (Lipinski definition) is 1. The summed E-state index contributed by atoms with van der Waals surface area (Å²) in [7, 11) is -6.86. The maximum atomic E-state index is 12.4. The van der Waals surface area contributed by atoms with Crippen LogP contribution >= 0.6 is 0 Å². The van der Waals surface area contributed by atoms with Crippen LogP contribution in [0, 0.1) is 0 Å². The van der Waals surface area contributed by atoms with E-state index in [1.807, 2.05) is 0 Å². The van der Waals surface area contributed by atoms with Crippen LogP contribution in [-0.2, 0) is 19.7 Å². The van der Waals surface area contributed by atoms with E-state index in [9.17, 15) is 21.6 Å². The van der Waals surface area contributed by atoms with Crippen molar-refractivity contribution >= 4 is 31.6 Å². The van der Waals surface area contributed by atoms with Crippen molar-refractivity contribution in [1.82, 2.24) is 10.2 Å². The molecule has 158 valence electrons.